The van der Waals surface area contributed by atoms with E-state index in [-0.39, 0.29) is 24.6 Å². The minimum absolute atomic E-state index is 0.0381. The van der Waals surface area contributed by atoms with Crippen molar-refractivity contribution >= 4 is 17.6 Å². The van der Waals surface area contributed by atoms with Gasteiger partial charge in [0.25, 0.3) is 0 Å². The van der Waals surface area contributed by atoms with Crippen molar-refractivity contribution in [2.24, 2.45) is 0 Å². The van der Waals surface area contributed by atoms with Crippen molar-refractivity contribution in [2.45, 2.75) is 12.0 Å². The molecule has 0 unspecified atom stereocenters. The summed E-state index contributed by atoms with van der Waals surface area (Å²) in [4.78, 5) is 32.0. The number of nitrogens with one attached hydrogen (secondary N) is 1. The van der Waals surface area contributed by atoms with E-state index in [4.69, 9.17) is 14.2 Å². The number of urea groups is 1. The zero-order chi connectivity index (χ0) is 22.3. The molecule has 4 rings (SSSR count). The Bertz CT molecular complexity index is 896. The molecule has 2 fully saturated rings. The van der Waals surface area contributed by atoms with E-state index in [1.807, 2.05) is 42.6 Å². The number of likely N-dealkylation sites (tertiary alicyclic amines) is 2. The second-order valence-electron chi connectivity index (χ2n) is 7.93. The smallest absolute Gasteiger partial charge is 0.321 e. The summed E-state index contributed by atoms with van der Waals surface area (Å²) in [6.45, 7) is 3.39. The van der Waals surface area contributed by atoms with Crippen LogP contribution in [-0.2, 0) is 14.3 Å². The lowest BCUT2D eigenvalue weighted by Crippen LogP contribution is -2.57. The number of hydrogen-bond acceptors (Lipinski definition) is 6. The number of anilines is 1. The third kappa shape index (κ3) is 5.54. The number of aromatic nitrogens is 1. The van der Waals surface area contributed by atoms with E-state index in [0.29, 0.717) is 56.7 Å². The molecular formula is C23H28N4O5. The van der Waals surface area contributed by atoms with Gasteiger partial charge in [0.05, 0.1) is 26.3 Å². The summed E-state index contributed by atoms with van der Waals surface area (Å²) < 4.78 is 16.0. The molecule has 3 heterocycles. The number of ether oxygens (including phenoxy) is 3. The Morgan fingerprint density at radius 1 is 1.06 bits per heavy atom. The van der Waals surface area contributed by atoms with Crippen molar-refractivity contribution in [2.75, 3.05) is 58.4 Å². The fourth-order valence-electron chi connectivity index (χ4n) is 3.59. The average molecular weight is 441 g/mol. The summed E-state index contributed by atoms with van der Waals surface area (Å²) in [5, 5.41) is 2.92. The highest BCUT2D eigenvalue weighted by Crippen LogP contribution is 2.27. The van der Waals surface area contributed by atoms with E-state index >= 15 is 0 Å². The van der Waals surface area contributed by atoms with Gasteiger partial charge in [-0.05, 0) is 35.9 Å². The molecule has 1 N–H and O–H groups in total. The number of carbonyl (C=O) groups is 2. The monoisotopic (exact) mass is 440 g/mol. The molecule has 0 atom stereocenters. The van der Waals surface area contributed by atoms with E-state index in [9.17, 15) is 9.59 Å². The van der Waals surface area contributed by atoms with Gasteiger partial charge in [-0.1, -0.05) is 6.07 Å². The third-order valence-corrected chi connectivity index (χ3v) is 5.59. The van der Waals surface area contributed by atoms with Crippen molar-refractivity contribution in [3.63, 3.8) is 0 Å². The van der Waals surface area contributed by atoms with Crippen LogP contribution >= 0.6 is 0 Å². The van der Waals surface area contributed by atoms with Gasteiger partial charge in [0, 0.05) is 44.2 Å². The third-order valence-electron chi connectivity index (χ3n) is 5.59. The van der Waals surface area contributed by atoms with Crippen LogP contribution in [0.2, 0.25) is 0 Å². The Morgan fingerprint density at radius 3 is 2.53 bits per heavy atom. The maximum absolute atomic E-state index is 12.4. The quantitative estimate of drug-likeness (QED) is 0.600. The maximum atomic E-state index is 12.4. The average Bonchev–Trinajstić information content (AvgIpc) is 2.74. The van der Waals surface area contributed by atoms with Crippen LogP contribution in [0.3, 0.4) is 0 Å². The van der Waals surface area contributed by atoms with Gasteiger partial charge in [-0.15, -0.1) is 0 Å². The summed E-state index contributed by atoms with van der Waals surface area (Å²) in [5.74, 6) is 1.00. The molecule has 9 nitrogen and oxygen atoms in total. The minimum Gasteiger partial charge on any atom is -0.487 e. The molecule has 9 heteroatoms. The zero-order valence-electron chi connectivity index (χ0n) is 18.1. The molecule has 3 amide bonds. The lowest BCUT2D eigenvalue weighted by atomic mass is 9.93. The summed E-state index contributed by atoms with van der Waals surface area (Å²) >= 11 is 0. The van der Waals surface area contributed by atoms with Crippen LogP contribution < -0.4 is 10.1 Å². The van der Waals surface area contributed by atoms with Crippen LogP contribution in [-0.4, -0.2) is 85.9 Å². The van der Waals surface area contributed by atoms with Crippen LogP contribution in [0.1, 0.15) is 11.5 Å². The van der Waals surface area contributed by atoms with Crippen molar-refractivity contribution in [3.05, 3.63) is 54.4 Å². The van der Waals surface area contributed by atoms with Gasteiger partial charge in [0.1, 0.15) is 18.5 Å². The zero-order valence-corrected chi connectivity index (χ0v) is 18.1. The van der Waals surface area contributed by atoms with Crippen molar-refractivity contribution in [1.82, 2.24) is 14.8 Å². The standard InChI is InChI=1S/C23H28N4O5/c1-30-9-10-31-16-22(28)26-14-21(15-26)32-20-6-4-19(5-7-20)25-23(29)27-12-18(13-27)17-3-2-8-24-11-17/h2-8,11,18,21H,9-10,12-16H2,1H3,(H,25,29). The first-order chi connectivity index (χ1) is 15.6. The Morgan fingerprint density at radius 2 is 1.84 bits per heavy atom. The first-order valence-electron chi connectivity index (χ1n) is 10.7. The van der Waals surface area contributed by atoms with Gasteiger partial charge < -0.3 is 29.3 Å². The summed E-state index contributed by atoms with van der Waals surface area (Å²) in [6, 6.07) is 11.1. The molecule has 0 bridgehead atoms. The summed E-state index contributed by atoms with van der Waals surface area (Å²) in [7, 11) is 1.59. The van der Waals surface area contributed by atoms with Gasteiger partial charge in [0.2, 0.25) is 5.91 Å². The highest BCUT2D eigenvalue weighted by Gasteiger charge is 2.33. The van der Waals surface area contributed by atoms with Crippen LogP contribution in [0.4, 0.5) is 10.5 Å². The SMILES string of the molecule is COCCOCC(=O)N1CC(Oc2ccc(NC(=O)N3CC(c4cccnc4)C3)cc2)C1. The molecule has 0 saturated carbocycles. The minimum atomic E-state index is -0.111. The number of amides is 3. The fourth-order valence-corrected chi connectivity index (χ4v) is 3.59. The van der Waals surface area contributed by atoms with Crippen molar-refractivity contribution < 1.29 is 23.8 Å². The summed E-state index contributed by atoms with van der Waals surface area (Å²) in [5.41, 5.74) is 1.87. The molecule has 2 saturated heterocycles. The number of hydrogen-bond donors (Lipinski definition) is 1. The predicted molar refractivity (Wildman–Crippen MR) is 118 cm³/mol. The van der Waals surface area contributed by atoms with Crippen LogP contribution in [0.15, 0.2) is 48.8 Å². The van der Waals surface area contributed by atoms with E-state index in [1.165, 1.54) is 0 Å². The fraction of sp³-hybridized carbons (Fsp3) is 0.435. The van der Waals surface area contributed by atoms with Gasteiger partial charge in [-0.3, -0.25) is 9.78 Å². The number of pyridine rings is 1. The lowest BCUT2D eigenvalue weighted by Gasteiger charge is -2.39. The van der Waals surface area contributed by atoms with Crippen molar-refractivity contribution in [1.29, 1.82) is 0 Å². The Kier molecular flexibility index (Phi) is 7.18. The van der Waals surface area contributed by atoms with E-state index in [0.717, 1.165) is 5.56 Å². The summed E-state index contributed by atoms with van der Waals surface area (Å²) in [6.07, 6.45) is 3.57. The number of rotatable bonds is 9. The second kappa shape index (κ2) is 10.4. The Labute approximate surface area is 187 Å². The number of methoxy groups -OCH3 is 1. The predicted octanol–water partition coefficient (Wildman–Crippen LogP) is 1.97. The molecule has 0 radical (unpaired) electrons. The van der Waals surface area contributed by atoms with Crippen LogP contribution in [0, 0.1) is 0 Å². The highest BCUT2D eigenvalue weighted by atomic mass is 16.5. The van der Waals surface area contributed by atoms with Crippen LogP contribution in [0.25, 0.3) is 0 Å². The Hall–Kier alpha value is -3.17. The molecule has 2 aromatic rings. The van der Waals surface area contributed by atoms with Gasteiger partial charge >= 0.3 is 6.03 Å². The molecule has 0 spiro atoms. The van der Waals surface area contributed by atoms with Gasteiger partial charge in [-0.2, -0.15) is 0 Å². The lowest BCUT2D eigenvalue weighted by molar-refractivity contribution is -0.145. The van der Waals surface area contributed by atoms with Gasteiger partial charge in [-0.25, -0.2) is 4.79 Å². The molecule has 1 aromatic carbocycles. The highest BCUT2D eigenvalue weighted by molar-refractivity contribution is 5.90. The molecular weight excluding hydrogens is 412 g/mol. The first-order valence-corrected chi connectivity index (χ1v) is 10.7. The van der Waals surface area contributed by atoms with E-state index in [2.05, 4.69) is 10.3 Å². The van der Waals surface area contributed by atoms with Crippen molar-refractivity contribution in [3.8, 4) is 5.75 Å². The largest absolute Gasteiger partial charge is 0.487 e. The maximum Gasteiger partial charge on any atom is 0.321 e. The molecule has 32 heavy (non-hydrogen) atoms. The molecule has 0 aliphatic carbocycles. The molecule has 170 valence electrons. The van der Waals surface area contributed by atoms with E-state index in [1.54, 1.807) is 23.1 Å². The number of nitrogens with zero attached hydrogens (tertiary/aromatic N) is 3. The molecule has 2 aliphatic rings. The van der Waals surface area contributed by atoms with E-state index < -0.39 is 0 Å². The number of benzene rings is 1. The molecule has 1 aromatic heterocycles. The van der Waals surface area contributed by atoms with Crippen LogP contribution in [0.5, 0.6) is 5.75 Å². The Balaban J connectivity index is 1.15. The molecule has 2 aliphatic heterocycles. The number of carbonyl (C=O) groups excluding carboxylic acids is 2. The van der Waals surface area contributed by atoms with Gasteiger partial charge in [0.15, 0.2) is 0 Å². The normalized spacial score (nSPS) is 16.3. The topological polar surface area (TPSA) is 93.2 Å². The second-order valence-corrected chi connectivity index (χ2v) is 7.93. The first kappa shape index (κ1) is 22.0.